The highest BCUT2D eigenvalue weighted by atomic mass is 32.1. The maximum atomic E-state index is 9.98. The van der Waals surface area contributed by atoms with E-state index < -0.39 is 0 Å². The predicted molar refractivity (Wildman–Crippen MR) is 72.1 cm³/mol. The minimum atomic E-state index is -0.195. The van der Waals surface area contributed by atoms with Crippen molar-refractivity contribution in [1.82, 2.24) is 4.90 Å². The molecule has 1 aromatic rings. The largest absolute Gasteiger partial charge is 0.392 e. The van der Waals surface area contributed by atoms with Gasteiger partial charge in [-0.2, -0.15) is 11.3 Å². The van der Waals surface area contributed by atoms with E-state index in [9.17, 15) is 5.11 Å². The SMILES string of the molecule is CC1(C)CN(C(CN)c2ccsc2)CCC1O. The van der Waals surface area contributed by atoms with Gasteiger partial charge in [0.05, 0.1) is 6.10 Å². The smallest absolute Gasteiger partial charge is 0.0615 e. The maximum Gasteiger partial charge on any atom is 0.0615 e. The lowest BCUT2D eigenvalue weighted by molar-refractivity contribution is -0.0375. The van der Waals surface area contributed by atoms with E-state index in [4.69, 9.17) is 5.73 Å². The third-order valence-corrected chi connectivity index (χ3v) is 4.50. The van der Waals surface area contributed by atoms with Gasteiger partial charge in [-0.3, -0.25) is 4.90 Å². The molecular formula is C13H22N2OS. The van der Waals surface area contributed by atoms with Crippen molar-refractivity contribution < 1.29 is 5.11 Å². The van der Waals surface area contributed by atoms with Crippen molar-refractivity contribution in [3.8, 4) is 0 Å². The molecule has 1 aromatic heterocycles. The van der Waals surface area contributed by atoms with Crippen LogP contribution in [0.25, 0.3) is 0 Å². The lowest BCUT2D eigenvalue weighted by Crippen LogP contribution is -2.50. The molecular weight excluding hydrogens is 232 g/mol. The number of hydrogen-bond donors (Lipinski definition) is 2. The number of aliphatic hydroxyl groups excluding tert-OH is 1. The van der Waals surface area contributed by atoms with Gasteiger partial charge in [0.2, 0.25) is 0 Å². The summed E-state index contributed by atoms with van der Waals surface area (Å²) in [5, 5.41) is 14.3. The fourth-order valence-corrected chi connectivity index (χ4v) is 3.32. The number of nitrogens with zero attached hydrogens (tertiary/aromatic N) is 1. The molecule has 0 amide bonds. The van der Waals surface area contributed by atoms with Gasteiger partial charge in [0.15, 0.2) is 0 Å². The first-order chi connectivity index (χ1) is 8.04. The van der Waals surface area contributed by atoms with Crippen molar-refractivity contribution in [2.75, 3.05) is 19.6 Å². The molecule has 0 aliphatic carbocycles. The summed E-state index contributed by atoms with van der Waals surface area (Å²) < 4.78 is 0. The van der Waals surface area contributed by atoms with Gasteiger partial charge in [-0.1, -0.05) is 13.8 Å². The first kappa shape index (κ1) is 13.0. The zero-order chi connectivity index (χ0) is 12.5. The second-order valence-electron chi connectivity index (χ2n) is 5.57. The quantitative estimate of drug-likeness (QED) is 0.865. The van der Waals surface area contributed by atoms with Crippen LogP contribution in [0.4, 0.5) is 0 Å². The maximum absolute atomic E-state index is 9.98. The van der Waals surface area contributed by atoms with Gasteiger partial charge in [-0.15, -0.1) is 0 Å². The minimum Gasteiger partial charge on any atom is -0.392 e. The fourth-order valence-electron chi connectivity index (χ4n) is 2.61. The molecule has 1 fully saturated rings. The summed E-state index contributed by atoms with van der Waals surface area (Å²) in [7, 11) is 0. The zero-order valence-electron chi connectivity index (χ0n) is 10.6. The number of thiophene rings is 1. The number of hydrogen-bond acceptors (Lipinski definition) is 4. The molecule has 0 bridgehead atoms. The Kier molecular flexibility index (Phi) is 3.88. The molecule has 1 aliphatic heterocycles. The van der Waals surface area contributed by atoms with Crippen LogP contribution in [0, 0.1) is 5.41 Å². The van der Waals surface area contributed by atoms with Crippen molar-refractivity contribution in [1.29, 1.82) is 0 Å². The second-order valence-corrected chi connectivity index (χ2v) is 6.35. The van der Waals surface area contributed by atoms with E-state index in [0.29, 0.717) is 12.6 Å². The highest BCUT2D eigenvalue weighted by Gasteiger charge is 2.37. The number of nitrogens with two attached hydrogens (primary N) is 1. The summed E-state index contributed by atoms with van der Waals surface area (Å²) in [4.78, 5) is 2.41. The number of aliphatic hydroxyl groups is 1. The van der Waals surface area contributed by atoms with Crippen molar-refractivity contribution in [3.05, 3.63) is 22.4 Å². The zero-order valence-corrected chi connectivity index (χ0v) is 11.4. The van der Waals surface area contributed by atoms with Gasteiger partial charge in [0.1, 0.15) is 0 Å². The van der Waals surface area contributed by atoms with E-state index in [2.05, 4.69) is 35.6 Å². The molecule has 4 heteroatoms. The molecule has 2 rings (SSSR count). The Morgan fingerprint density at radius 3 is 2.94 bits per heavy atom. The molecule has 2 heterocycles. The molecule has 96 valence electrons. The van der Waals surface area contributed by atoms with E-state index in [1.165, 1.54) is 5.56 Å². The molecule has 2 unspecified atom stereocenters. The monoisotopic (exact) mass is 254 g/mol. The van der Waals surface area contributed by atoms with Gasteiger partial charge in [-0.05, 0) is 28.8 Å². The molecule has 1 saturated heterocycles. The van der Waals surface area contributed by atoms with Gasteiger partial charge in [0.25, 0.3) is 0 Å². The second kappa shape index (κ2) is 5.06. The Balaban J connectivity index is 2.11. The highest BCUT2D eigenvalue weighted by Crippen LogP contribution is 2.34. The molecule has 1 aliphatic rings. The lowest BCUT2D eigenvalue weighted by atomic mass is 9.80. The van der Waals surface area contributed by atoms with E-state index in [0.717, 1.165) is 19.5 Å². The van der Waals surface area contributed by atoms with E-state index >= 15 is 0 Å². The summed E-state index contributed by atoms with van der Waals surface area (Å²) in [6.45, 7) is 6.74. The van der Waals surface area contributed by atoms with Gasteiger partial charge in [0, 0.05) is 31.1 Å². The van der Waals surface area contributed by atoms with Crippen LogP contribution in [0.1, 0.15) is 31.9 Å². The number of piperidine rings is 1. The van der Waals surface area contributed by atoms with Crippen molar-refractivity contribution in [2.45, 2.75) is 32.4 Å². The molecule has 0 aromatic carbocycles. The third kappa shape index (κ3) is 2.71. The summed E-state index contributed by atoms with van der Waals surface area (Å²) >= 11 is 1.72. The third-order valence-electron chi connectivity index (χ3n) is 3.79. The summed E-state index contributed by atoms with van der Waals surface area (Å²) in [5.74, 6) is 0. The fraction of sp³-hybridized carbons (Fsp3) is 0.692. The Morgan fingerprint density at radius 2 is 2.41 bits per heavy atom. The molecule has 2 atom stereocenters. The molecule has 0 radical (unpaired) electrons. The number of rotatable bonds is 3. The Labute approximate surface area is 107 Å². The normalized spacial score (nSPS) is 26.9. The van der Waals surface area contributed by atoms with Gasteiger partial charge < -0.3 is 10.8 Å². The van der Waals surface area contributed by atoms with E-state index in [1.807, 2.05) is 0 Å². The van der Waals surface area contributed by atoms with Crippen molar-refractivity contribution in [2.24, 2.45) is 11.1 Å². The lowest BCUT2D eigenvalue weighted by Gasteiger charge is -2.44. The average Bonchev–Trinajstić information content (AvgIpc) is 2.77. The van der Waals surface area contributed by atoms with Crippen LogP contribution in [-0.2, 0) is 0 Å². The Morgan fingerprint density at radius 1 is 1.65 bits per heavy atom. The summed E-state index contributed by atoms with van der Waals surface area (Å²) in [5.41, 5.74) is 7.19. The van der Waals surface area contributed by atoms with Crippen LogP contribution in [0.3, 0.4) is 0 Å². The highest BCUT2D eigenvalue weighted by molar-refractivity contribution is 7.07. The topological polar surface area (TPSA) is 49.5 Å². The average molecular weight is 254 g/mol. The molecule has 0 saturated carbocycles. The van der Waals surface area contributed by atoms with Crippen molar-refractivity contribution >= 4 is 11.3 Å². The van der Waals surface area contributed by atoms with Gasteiger partial charge in [-0.25, -0.2) is 0 Å². The first-order valence-corrected chi connectivity index (χ1v) is 7.13. The van der Waals surface area contributed by atoms with Crippen molar-refractivity contribution in [3.63, 3.8) is 0 Å². The van der Waals surface area contributed by atoms with Crippen LogP contribution < -0.4 is 5.73 Å². The van der Waals surface area contributed by atoms with Crippen LogP contribution in [0.15, 0.2) is 16.8 Å². The molecule has 0 spiro atoms. The molecule has 3 nitrogen and oxygen atoms in total. The standard InChI is InChI=1S/C13H22N2OS/c1-13(2)9-15(5-3-12(13)16)11(7-14)10-4-6-17-8-10/h4,6,8,11-12,16H,3,5,7,9,14H2,1-2H3. The van der Waals surface area contributed by atoms with E-state index in [1.54, 1.807) is 11.3 Å². The molecule has 17 heavy (non-hydrogen) atoms. The van der Waals surface area contributed by atoms with Crippen LogP contribution in [0.5, 0.6) is 0 Å². The Bertz CT molecular complexity index is 350. The van der Waals surface area contributed by atoms with Crippen LogP contribution in [0.2, 0.25) is 0 Å². The first-order valence-electron chi connectivity index (χ1n) is 6.19. The van der Waals surface area contributed by atoms with Gasteiger partial charge >= 0.3 is 0 Å². The minimum absolute atomic E-state index is 0.0400. The Hall–Kier alpha value is -0.420. The van der Waals surface area contributed by atoms with Crippen LogP contribution >= 0.6 is 11.3 Å². The summed E-state index contributed by atoms with van der Waals surface area (Å²) in [6.07, 6.45) is 0.646. The van der Waals surface area contributed by atoms with Crippen LogP contribution in [-0.4, -0.2) is 35.7 Å². The van der Waals surface area contributed by atoms with E-state index in [-0.39, 0.29) is 11.5 Å². The number of likely N-dealkylation sites (tertiary alicyclic amines) is 1. The molecule has 3 N–H and O–H groups in total. The predicted octanol–water partition coefficient (Wildman–Crippen LogP) is 1.84. The summed E-state index contributed by atoms with van der Waals surface area (Å²) in [6, 6.07) is 2.45.